The molecule has 0 saturated carbocycles. The molecule has 0 aliphatic rings. The number of benzene rings is 1. The Labute approximate surface area is 96.0 Å². The van der Waals surface area contributed by atoms with Gasteiger partial charge in [-0.2, -0.15) is 0 Å². The van der Waals surface area contributed by atoms with Gasteiger partial charge in [-0.15, -0.1) is 0 Å². The molecule has 3 nitrogen and oxygen atoms in total. The van der Waals surface area contributed by atoms with Gasteiger partial charge in [0.15, 0.2) is 0 Å². The van der Waals surface area contributed by atoms with Gasteiger partial charge in [-0.3, -0.25) is 0 Å². The highest BCUT2D eigenvalue weighted by molar-refractivity contribution is 5.48. The minimum absolute atomic E-state index is 0.229. The van der Waals surface area contributed by atoms with Crippen molar-refractivity contribution in [3.8, 4) is 0 Å². The number of rotatable bonds is 4. The molecule has 2 N–H and O–H groups in total. The maximum atomic E-state index is 13.8. The number of anilines is 1. The zero-order valence-electron chi connectivity index (χ0n) is 10.2. The summed E-state index contributed by atoms with van der Waals surface area (Å²) in [4.78, 5) is 6.39. The zero-order valence-corrected chi connectivity index (χ0v) is 10.2. The Hall–Kier alpha value is -1.13. The lowest BCUT2D eigenvalue weighted by Crippen LogP contribution is -2.26. The average Bonchev–Trinajstić information content (AvgIpc) is 2.16. The van der Waals surface area contributed by atoms with Crippen molar-refractivity contribution in [2.45, 2.75) is 19.3 Å². The first-order valence-electron chi connectivity index (χ1n) is 5.17. The van der Waals surface area contributed by atoms with Gasteiger partial charge in [-0.1, -0.05) is 19.9 Å². The summed E-state index contributed by atoms with van der Waals surface area (Å²) in [5.41, 5.74) is 1.16. The molecule has 16 heavy (non-hydrogen) atoms. The van der Waals surface area contributed by atoms with E-state index < -0.39 is 0 Å². The minimum Gasteiger partial charge on any atom is -0.375 e. The van der Waals surface area contributed by atoms with Crippen LogP contribution in [-0.4, -0.2) is 20.7 Å². The number of halogens is 1. The van der Waals surface area contributed by atoms with Gasteiger partial charge in [0.1, 0.15) is 5.82 Å². The summed E-state index contributed by atoms with van der Waals surface area (Å²) < 4.78 is 13.8. The first kappa shape index (κ1) is 12.9. The van der Waals surface area contributed by atoms with Gasteiger partial charge in [0.2, 0.25) is 0 Å². The Kier molecular flexibility index (Phi) is 3.88. The Bertz CT molecular complexity index is 364. The Balaban J connectivity index is 3.05. The summed E-state index contributed by atoms with van der Waals surface area (Å²) in [5, 5.41) is 0. The Morgan fingerprint density at radius 1 is 1.38 bits per heavy atom. The summed E-state index contributed by atoms with van der Waals surface area (Å²) in [6.07, 6.45) is 0. The maximum Gasteiger partial charge on any atom is 0.146 e. The van der Waals surface area contributed by atoms with Gasteiger partial charge in [-0.05, 0) is 17.7 Å². The van der Waals surface area contributed by atoms with Crippen LogP contribution in [0.15, 0.2) is 18.2 Å². The second kappa shape index (κ2) is 4.80. The lowest BCUT2D eigenvalue weighted by molar-refractivity contribution is 0.0963. The van der Waals surface area contributed by atoms with Crippen molar-refractivity contribution >= 4 is 5.69 Å². The average molecular weight is 226 g/mol. The lowest BCUT2D eigenvalue weighted by Gasteiger charge is -2.25. The molecule has 90 valence electrons. The molecular weight excluding hydrogens is 207 g/mol. The van der Waals surface area contributed by atoms with E-state index in [4.69, 9.17) is 5.90 Å². The minimum atomic E-state index is -0.291. The van der Waals surface area contributed by atoms with Crippen LogP contribution in [0.2, 0.25) is 0 Å². The van der Waals surface area contributed by atoms with E-state index in [2.05, 4.69) is 4.84 Å². The van der Waals surface area contributed by atoms with Crippen LogP contribution >= 0.6 is 0 Å². The molecule has 0 aliphatic heterocycles. The van der Waals surface area contributed by atoms with Crippen LogP contribution in [0.4, 0.5) is 10.1 Å². The van der Waals surface area contributed by atoms with E-state index in [-0.39, 0.29) is 11.2 Å². The lowest BCUT2D eigenvalue weighted by atomic mass is 9.85. The van der Waals surface area contributed by atoms with E-state index in [0.717, 1.165) is 5.56 Å². The van der Waals surface area contributed by atoms with Gasteiger partial charge in [0.25, 0.3) is 0 Å². The highest BCUT2D eigenvalue weighted by atomic mass is 19.1. The number of nitrogens with zero attached hydrogens (tertiary/aromatic N) is 1. The third kappa shape index (κ3) is 2.71. The number of hydrogen-bond donors (Lipinski definition) is 1. The fraction of sp³-hybridized carbons (Fsp3) is 0.500. The predicted molar refractivity (Wildman–Crippen MR) is 63.9 cm³/mol. The molecule has 0 amide bonds. The van der Waals surface area contributed by atoms with Gasteiger partial charge in [-0.25, -0.2) is 10.3 Å². The molecule has 0 aliphatic carbocycles. The van der Waals surface area contributed by atoms with E-state index in [0.29, 0.717) is 12.3 Å². The summed E-state index contributed by atoms with van der Waals surface area (Å²) >= 11 is 0. The zero-order chi connectivity index (χ0) is 12.3. The first-order chi connectivity index (χ1) is 7.38. The van der Waals surface area contributed by atoms with Crippen LogP contribution in [0, 0.1) is 5.82 Å². The van der Waals surface area contributed by atoms with Crippen molar-refractivity contribution in [1.82, 2.24) is 0 Å². The Morgan fingerprint density at radius 2 is 2.00 bits per heavy atom. The van der Waals surface area contributed by atoms with Crippen LogP contribution < -0.4 is 10.8 Å². The monoisotopic (exact) mass is 226 g/mol. The molecular formula is C12H19FN2O. The molecule has 1 aromatic rings. The van der Waals surface area contributed by atoms with E-state index in [1.807, 2.05) is 34.0 Å². The molecule has 0 heterocycles. The summed E-state index contributed by atoms with van der Waals surface area (Å²) in [7, 11) is 3.62. The summed E-state index contributed by atoms with van der Waals surface area (Å²) in [6.45, 7) is 4.28. The molecule has 0 aromatic heterocycles. The molecule has 1 aromatic carbocycles. The number of hydrogen-bond acceptors (Lipinski definition) is 3. The number of nitrogens with two attached hydrogens (primary N) is 1. The first-order valence-corrected chi connectivity index (χ1v) is 5.17. The Morgan fingerprint density at radius 3 is 2.44 bits per heavy atom. The van der Waals surface area contributed by atoms with Crippen molar-refractivity contribution in [1.29, 1.82) is 0 Å². The molecule has 0 saturated heterocycles. The molecule has 0 fully saturated rings. The molecule has 0 atom stereocenters. The highest BCUT2D eigenvalue weighted by Crippen LogP contribution is 2.27. The van der Waals surface area contributed by atoms with E-state index >= 15 is 0 Å². The van der Waals surface area contributed by atoms with E-state index in [9.17, 15) is 4.39 Å². The highest BCUT2D eigenvalue weighted by Gasteiger charge is 2.22. The van der Waals surface area contributed by atoms with E-state index in [1.54, 1.807) is 11.0 Å². The van der Waals surface area contributed by atoms with Crippen LogP contribution in [0.25, 0.3) is 0 Å². The SMILES string of the molecule is CN(C)c1ccc(C(C)(C)CON)cc1F. The van der Waals surface area contributed by atoms with Crippen molar-refractivity contribution in [2.24, 2.45) is 5.90 Å². The molecule has 0 spiro atoms. The van der Waals surface area contributed by atoms with E-state index in [1.165, 1.54) is 6.07 Å². The second-order valence-corrected chi connectivity index (χ2v) is 4.76. The molecule has 4 heteroatoms. The molecule has 0 bridgehead atoms. The van der Waals surface area contributed by atoms with Crippen LogP contribution in [-0.2, 0) is 10.3 Å². The smallest absolute Gasteiger partial charge is 0.146 e. The van der Waals surface area contributed by atoms with Crippen LogP contribution in [0.5, 0.6) is 0 Å². The fourth-order valence-corrected chi connectivity index (χ4v) is 1.58. The largest absolute Gasteiger partial charge is 0.375 e. The third-order valence-electron chi connectivity index (χ3n) is 2.66. The second-order valence-electron chi connectivity index (χ2n) is 4.76. The van der Waals surface area contributed by atoms with Gasteiger partial charge >= 0.3 is 0 Å². The van der Waals surface area contributed by atoms with Gasteiger partial charge in [0, 0.05) is 19.5 Å². The normalized spacial score (nSPS) is 11.6. The van der Waals surface area contributed by atoms with Crippen molar-refractivity contribution in [3.63, 3.8) is 0 Å². The van der Waals surface area contributed by atoms with Gasteiger partial charge in [0.05, 0.1) is 12.3 Å². The summed E-state index contributed by atoms with van der Waals surface area (Å²) in [6, 6.07) is 5.20. The fourth-order valence-electron chi connectivity index (χ4n) is 1.58. The van der Waals surface area contributed by atoms with Crippen LogP contribution in [0.1, 0.15) is 19.4 Å². The van der Waals surface area contributed by atoms with Crippen molar-refractivity contribution in [3.05, 3.63) is 29.6 Å². The maximum absolute atomic E-state index is 13.8. The van der Waals surface area contributed by atoms with Crippen LogP contribution in [0.3, 0.4) is 0 Å². The standard InChI is InChI=1S/C12H19FN2O/c1-12(2,8-16-14)9-5-6-11(15(3)4)10(13)7-9/h5-7H,8,14H2,1-4H3. The van der Waals surface area contributed by atoms with Crippen molar-refractivity contribution in [2.75, 3.05) is 25.6 Å². The molecule has 1 rings (SSSR count). The topological polar surface area (TPSA) is 38.5 Å². The molecule has 0 unspecified atom stereocenters. The molecule has 0 radical (unpaired) electrons. The summed E-state index contributed by atoms with van der Waals surface area (Å²) in [5.74, 6) is 4.84. The van der Waals surface area contributed by atoms with Crippen molar-refractivity contribution < 1.29 is 9.23 Å². The quantitative estimate of drug-likeness (QED) is 0.799. The van der Waals surface area contributed by atoms with Gasteiger partial charge < -0.3 is 9.74 Å². The predicted octanol–water partition coefficient (Wildman–Crippen LogP) is 2.06. The third-order valence-corrected chi connectivity index (χ3v) is 2.66.